The van der Waals surface area contributed by atoms with Crippen LogP contribution in [0.5, 0.6) is 0 Å². The van der Waals surface area contributed by atoms with E-state index in [1.807, 2.05) is 24.3 Å². The van der Waals surface area contributed by atoms with E-state index < -0.39 is 11.5 Å². The summed E-state index contributed by atoms with van der Waals surface area (Å²) >= 11 is 0. The zero-order valence-electron chi connectivity index (χ0n) is 11.4. The van der Waals surface area contributed by atoms with Gasteiger partial charge in [-0.2, -0.15) is 5.10 Å². The molecule has 0 aliphatic rings. The van der Waals surface area contributed by atoms with Gasteiger partial charge in [0.2, 0.25) is 0 Å². The van der Waals surface area contributed by atoms with E-state index >= 15 is 0 Å². The molecule has 2 aromatic rings. The molecule has 1 aromatic carbocycles. The Morgan fingerprint density at radius 2 is 2.05 bits per heavy atom. The fourth-order valence-corrected chi connectivity index (χ4v) is 1.99. The van der Waals surface area contributed by atoms with E-state index in [-0.39, 0.29) is 12.3 Å². The Hall–Kier alpha value is -2.37. The van der Waals surface area contributed by atoms with Gasteiger partial charge in [0.1, 0.15) is 0 Å². The molecule has 0 saturated carbocycles. The minimum absolute atomic E-state index is 0.00852. The van der Waals surface area contributed by atoms with E-state index in [4.69, 9.17) is 5.11 Å². The van der Waals surface area contributed by atoms with Crippen LogP contribution in [0.25, 0.3) is 10.9 Å². The molecular formula is C14H17N3O3. The minimum Gasteiger partial charge on any atom is -0.481 e. The third-order valence-corrected chi connectivity index (χ3v) is 3.10. The lowest BCUT2D eigenvalue weighted by Crippen LogP contribution is -2.43. The first-order valence-electron chi connectivity index (χ1n) is 6.36. The number of aromatic amines is 1. The van der Waals surface area contributed by atoms with Crippen molar-refractivity contribution in [2.24, 2.45) is 0 Å². The highest BCUT2D eigenvalue weighted by Crippen LogP contribution is 2.17. The van der Waals surface area contributed by atoms with Gasteiger partial charge in [0, 0.05) is 17.3 Å². The molecule has 1 heterocycles. The molecule has 1 amide bonds. The summed E-state index contributed by atoms with van der Waals surface area (Å²) in [6, 6.07) is 7.36. The zero-order valence-corrected chi connectivity index (χ0v) is 11.4. The second-order valence-electron chi connectivity index (χ2n) is 5.35. The van der Waals surface area contributed by atoms with Crippen LogP contribution in [0, 0.1) is 0 Å². The van der Waals surface area contributed by atoms with Crippen LogP contribution in [0.3, 0.4) is 0 Å². The maximum absolute atomic E-state index is 12.2. The van der Waals surface area contributed by atoms with Crippen molar-refractivity contribution < 1.29 is 14.7 Å². The van der Waals surface area contributed by atoms with Crippen molar-refractivity contribution in [3.8, 4) is 0 Å². The largest absolute Gasteiger partial charge is 0.481 e. The molecule has 0 aliphatic heterocycles. The number of carboxylic acid groups (broad SMARTS) is 1. The first kappa shape index (κ1) is 14.0. The van der Waals surface area contributed by atoms with E-state index in [2.05, 4.69) is 15.5 Å². The Morgan fingerprint density at radius 3 is 2.75 bits per heavy atom. The van der Waals surface area contributed by atoms with Crippen LogP contribution in [-0.2, 0) is 4.79 Å². The fourth-order valence-electron chi connectivity index (χ4n) is 1.99. The molecule has 6 heteroatoms. The van der Waals surface area contributed by atoms with E-state index in [1.54, 1.807) is 13.8 Å². The standard InChI is InChI=1S/C14H17N3O3/c1-14(2,8-7-11(18)19)15-13(20)12-9-5-3-4-6-10(9)16-17-12/h3-6H,7-8H2,1-2H3,(H,15,20)(H,16,17)(H,18,19). The third-order valence-electron chi connectivity index (χ3n) is 3.10. The first-order valence-corrected chi connectivity index (χ1v) is 6.36. The molecule has 1 aromatic heterocycles. The van der Waals surface area contributed by atoms with Gasteiger partial charge in [-0.05, 0) is 26.3 Å². The number of carboxylic acids is 1. The maximum atomic E-state index is 12.2. The number of carbonyl (C=O) groups excluding carboxylic acids is 1. The fraction of sp³-hybridized carbons (Fsp3) is 0.357. The second kappa shape index (κ2) is 5.32. The molecule has 0 radical (unpaired) electrons. The Morgan fingerprint density at radius 1 is 1.35 bits per heavy atom. The van der Waals surface area contributed by atoms with Gasteiger partial charge in [0.05, 0.1) is 5.52 Å². The summed E-state index contributed by atoms with van der Waals surface area (Å²) in [5, 5.41) is 19.1. The molecule has 0 fully saturated rings. The number of nitrogens with one attached hydrogen (secondary N) is 2. The number of H-pyrrole nitrogens is 1. The van der Waals surface area contributed by atoms with Crippen LogP contribution >= 0.6 is 0 Å². The van der Waals surface area contributed by atoms with Crippen LogP contribution in [0.15, 0.2) is 24.3 Å². The number of hydrogen-bond donors (Lipinski definition) is 3. The number of amides is 1. The molecule has 2 rings (SSSR count). The number of para-hydroxylation sites is 1. The van der Waals surface area contributed by atoms with Gasteiger partial charge in [0.25, 0.3) is 5.91 Å². The quantitative estimate of drug-likeness (QED) is 0.777. The van der Waals surface area contributed by atoms with Crippen molar-refractivity contribution in [2.45, 2.75) is 32.2 Å². The van der Waals surface area contributed by atoms with Gasteiger partial charge in [0.15, 0.2) is 5.69 Å². The van der Waals surface area contributed by atoms with Crippen molar-refractivity contribution in [3.63, 3.8) is 0 Å². The van der Waals surface area contributed by atoms with Gasteiger partial charge in [-0.3, -0.25) is 14.7 Å². The predicted molar refractivity (Wildman–Crippen MR) is 74.5 cm³/mol. The number of aliphatic carboxylic acids is 1. The van der Waals surface area contributed by atoms with Gasteiger partial charge >= 0.3 is 5.97 Å². The third kappa shape index (κ3) is 3.14. The van der Waals surface area contributed by atoms with E-state index in [0.717, 1.165) is 10.9 Å². The molecule has 3 N–H and O–H groups in total. The highest BCUT2D eigenvalue weighted by atomic mass is 16.4. The second-order valence-corrected chi connectivity index (χ2v) is 5.35. The molecule has 0 unspecified atom stereocenters. The van der Waals surface area contributed by atoms with E-state index in [1.165, 1.54) is 0 Å². The highest BCUT2D eigenvalue weighted by Gasteiger charge is 2.24. The van der Waals surface area contributed by atoms with Crippen LogP contribution in [0.4, 0.5) is 0 Å². The Balaban J connectivity index is 2.13. The molecule has 0 bridgehead atoms. The summed E-state index contributed by atoms with van der Waals surface area (Å²) in [6.45, 7) is 3.59. The Bertz CT molecular complexity index is 646. The van der Waals surface area contributed by atoms with E-state index in [9.17, 15) is 9.59 Å². The lowest BCUT2D eigenvalue weighted by atomic mass is 9.98. The number of hydrogen-bond acceptors (Lipinski definition) is 3. The number of carbonyl (C=O) groups is 2. The molecule has 6 nitrogen and oxygen atoms in total. The normalized spacial score (nSPS) is 11.5. The smallest absolute Gasteiger partial charge is 0.303 e. The van der Waals surface area contributed by atoms with Gasteiger partial charge in [-0.25, -0.2) is 0 Å². The predicted octanol–water partition coefficient (Wildman–Crippen LogP) is 1.94. The van der Waals surface area contributed by atoms with Crippen molar-refractivity contribution in [3.05, 3.63) is 30.0 Å². The number of rotatable bonds is 5. The van der Waals surface area contributed by atoms with Crippen molar-refractivity contribution in [2.75, 3.05) is 0 Å². The average molecular weight is 275 g/mol. The lowest BCUT2D eigenvalue weighted by Gasteiger charge is -2.25. The minimum atomic E-state index is -0.877. The zero-order chi connectivity index (χ0) is 14.8. The van der Waals surface area contributed by atoms with Gasteiger partial charge < -0.3 is 10.4 Å². The number of benzene rings is 1. The summed E-state index contributed by atoms with van der Waals surface area (Å²) in [6.07, 6.45) is 0.366. The van der Waals surface area contributed by atoms with Gasteiger partial charge in [-0.1, -0.05) is 18.2 Å². The summed E-state index contributed by atoms with van der Waals surface area (Å²) < 4.78 is 0. The number of fused-ring (bicyclic) bond motifs is 1. The number of nitrogens with zero attached hydrogens (tertiary/aromatic N) is 1. The summed E-state index contributed by atoms with van der Waals surface area (Å²) in [5.74, 6) is -1.18. The molecule has 20 heavy (non-hydrogen) atoms. The molecule has 0 saturated heterocycles. The average Bonchev–Trinajstić information content (AvgIpc) is 2.80. The molecule has 106 valence electrons. The molecule has 0 spiro atoms. The molecule has 0 atom stereocenters. The van der Waals surface area contributed by atoms with Crippen molar-refractivity contribution in [1.29, 1.82) is 0 Å². The highest BCUT2D eigenvalue weighted by molar-refractivity contribution is 6.04. The Labute approximate surface area is 116 Å². The van der Waals surface area contributed by atoms with Gasteiger partial charge in [-0.15, -0.1) is 0 Å². The summed E-state index contributed by atoms with van der Waals surface area (Å²) in [5.41, 5.74) is 0.514. The maximum Gasteiger partial charge on any atom is 0.303 e. The monoisotopic (exact) mass is 275 g/mol. The Kier molecular flexibility index (Phi) is 3.74. The molecule has 0 aliphatic carbocycles. The van der Waals surface area contributed by atoms with Crippen LogP contribution in [0.1, 0.15) is 37.2 Å². The summed E-state index contributed by atoms with van der Waals surface area (Å²) in [4.78, 5) is 22.8. The van der Waals surface area contributed by atoms with E-state index in [0.29, 0.717) is 12.1 Å². The topological polar surface area (TPSA) is 95.1 Å². The molecular weight excluding hydrogens is 258 g/mol. The van der Waals surface area contributed by atoms with Crippen LogP contribution in [0.2, 0.25) is 0 Å². The van der Waals surface area contributed by atoms with Crippen molar-refractivity contribution in [1.82, 2.24) is 15.5 Å². The van der Waals surface area contributed by atoms with Crippen LogP contribution in [-0.4, -0.2) is 32.7 Å². The SMILES string of the molecule is CC(C)(CCC(=O)O)NC(=O)c1n[nH]c2ccccc12. The van der Waals surface area contributed by atoms with Crippen LogP contribution < -0.4 is 5.32 Å². The van der Waals surface area contributed by atoms with Crippen molar-refractivity contribution >= 4 is 22.8 Å². The first-order chi connectivity index (χ1) is 9.39. The lowest BCUT2D eigenvalue weighted by molar-refractivity contribution is -0.137. The number of aromatic nitrogens is 2. The summed E-state index contributed by atoms with van der Waals surface area (Å²) in [7, 11) is 0.